The first-order valence-corrected chi connectivity index (χ1v) is 8.90. The van der Waals surface area contributed by atoms with Crippen molar-refractivity contribution in [3.05, 3.63) is 54.0 Å². The van der Waals surface area contributed by atoms with E-state index in [9.17, 15) is 14.0 Å². The number of halogens is 1. The van der Waals surface area contributed by atoms with E-state index in [0.29, 0.717) is 43.9 Å². The summed E-state index contributed by atoms with van der Waals surface area (Å²) in [5.74, 6) is -0.825. The highest BCUT2D eigenvalue weighted by Gasteiger charge is 2.29. The minimum absolute atomic E-state index is 0.0587. The zero-order valence-corrected chi connectivity index (χ0v) is 14.7. The number of aliphatic carboxylic acids is 1. The Labute approximate surface area is 156 Å². The number of amides is 1. The van der Waals surface area contributed by atoms with Gasteiger partial charge in [0, 0.05) is 24.7 Å². The normalized spacial score (nSPS) is 19.3. The standard InChI is InChI=1S/C20H21FN2O4/c21-16-5-7-17(8-6-16)27-18-11-13(9-10-22-18)12-23-19(24)14-1-3-15(4-2-14)20(25)26/h5-11,14-15H,1-4,12H2,(H,23,24)(H,25,26). The third-order valence-electron chi connectivity index (χ3n) is 4.75. The fraction of sp³-hybridized carbons (Fsp3) is 0.350. The summed E-state index contributed by atoms with van der Waals surface area (Å²) in [7, 11) is 0. The minimum Gasteiger partial charge on any atom is -0.481 e. The van der Waals surface area contributed by atoms with Crippen LogP contribution in [0.15, 0.2) is 42.6 Å². The van der Waals surface area contributed by atoms with E-state index in [1.165, 1.54) is 24.3 Å². The first-order valence-electron chi connectivity index (χ1n) is 8.90. The van der Waals surface area contributed by atoms with Crippen molar-refractivity contribution in [3.8, 4) is 11.6 Å². The number of carboxylic acid groups (broad SMARTS) is 1. The van der Waals surface area contributed by atoms with E-state index in [1.54, 1.807) is 18.3 Å². The van der Waals surface area contributed by atoms with Crippen LogP contribution in [0.2, 0.25) is 0 Å². The molecule has 0 unspecified atom stereocenters. The maximum absolute atomic E-state index is 12.9. The summed E-state index contributed by atoms with van der Waals surface area (Å²) in [5.41, 5.74) is 0.828. The van der Waals surface area contributed by atoms with Gasteiger partial charge < -0.3 is 15.2 Å². The zero-order valence-electron chi connectivity index (χ0n) is 14.7. The summed E-state index contributed by atoms with van der Waals surface area (Å²) in [6, 6.07) is 9.12. The molecule has 1 fully saturated rings. The van der Waals surface area contributed by atoms with E-state index >= 15 is 0 Å². The van der Waals surface area contributed by atoms with Crippen molar-refractivity contribution in [1.82, 2.24) is 10.3 Å². The summed E-state index contributed by atoms with van der Waals surface area (Å²) in [5, 5.41) is 11.9. The Balaban J connectivity index is 1.51. The molecule has 3 rings (SSSR count). The molecule has 6 nitrogen and oxygen atoms in total. The minimum atomic E-state index is -0.778. The fourth-order valence-corrected chi connectivity index (χ4v) is 3.18. The number of nitrogens with one attached hydrogen (secondary N) is 1. The molecule has 0 atom stereocenters. The van der Waals surface area contributed by atoms with E-state index in [0.717, 1.165) is 5.56 Å². The smallest absolute Gasteiger partial charge is 0.306 e. The van der Waals surface area contributed by atoms with Gasteiger partial charge in [-0.2, -0.15) is 0 Å². The number of nitrogens with zero attached hydrogens (tertiary/aromatic N) is 1. The number of rotatable bonds is 6. The Morgan fingerprint density at radius 2 is 1.78 bits per heavy atom. The summed E-state index contributed by atoms with van der Waals surface area (Å²) < 4.78 is 18.5. The Morgan fingerprint density at radius 1 is 1.11 bits per heavy atom. The lowest BCUT2D eigenvalue weighted by molar-refractivity contribution is -0.144. The molecular formula is C20H21FN2O4. The van der Waals surface area contributed by atoms with Crippen LogP contribution < -0.4 is 10.1 Å². The number of hydrogen-bond donors (Lipinski definition) is 2. The predicted octanol–water partition coefficient (Wildman–Crippen LogP) is 3.52. The maximum Gasteiger partial charge on any atom is 0.306 e. The molecule has 0 bridgehead atoms. The van der Waals surface area contributed by atoms with Crippen molar-refractivity contribution in [1.29, 1.82) is 0 Å². The summed E-state index contributed by atoms with van der Waals surface area (Å²) in [6.45, 7) is 0.333. The molecular weight excluding hydrogens is 351 g/mol. The van der Waals surface area contributed by atoms with Gasteiger partial charge in [-0.05, 0) is 61.6 Å². The van der Waals surface area contributed by atoms with Gasteiger partial charge in [0.05, 0.1) is 5.92 Å². The Morgan fingerprint density at radius 3 is 2.44 bits per heavy atom. The molecule has 1 saturated carbocycles. The van der Waals surface area contributed by atoms with Gasteiger partial charge >= 0.3 is 5.97 Å². The molecule has 1 heterocycles. The van der Waals surface area contributed by atoms with Gasteiger partial charge in [0.2, 0.25) is 11.8 Å². The van der Waals surface area contributed by atoms with Crippen molar-refractivity contribution in [3.63, 3.8) is 0 Å². The van der Waals surface area contributed by atoms with Gasteiger partial charge in [-0.25, -0.2) is 9.37 Å². The van der Waals surface area contributed by atoms with E-state index in [4.69, 9.17) is 9.84 Å². The second-order valence-corrected chi connectivity index (χ2v) is 6.66. The molecule has 142 valence electrons. The summed E-state index contributed by atoms with van der Waals surface area (Å²) >= 11 is 0. The average molecular weight is 372 g/mol. The van der Waals surface area contributed by atoms with Gasteiger partial charge in [-0.3, -0.25) is 9.59 Å². The molecule has 0 radical (unpaired) electrons. The second kappa shape index (κ2) is 8.62. The number of carboxylic acids is 1. The van der Waals surface area contributed by atoms with Crippen LogP contribution in [0, 0.1) is 17.7 Å². The zero-order chi connectivity index (χ0) is 19.2. The molecule has 2 aromatic rings. The molecule has 0 aliphatic heterocycles. The third-order valence-corrected chi connectivity index (χ3v) is 4.75. The van der Waals surface area contributed by atoms with E-state index < -0.39 is 5.97 Å². The quantitative estimate of drug-likeness (QED) is 0.810. The number of carbonyl (C=O) groups excluding carboxylic acids is 1. The number of carbonyl (C=O) groups is 2. The van der Waals surface area contributed by atoms with Crippen LogP contribution in [-0.4, -0.2) is 22.0 Å². The summed E-state index contributed by atoms with van der Waals surface area (Å²) in [6.07, 6.45) is 3.85. The Hall–Kier alpha value is -2.96. The van der Waals surface area contributed by atoms with Gasteiger partial charge in [-0.1, -0.05) is 0 Å². The second-order valence-electron chi connectivity index (χ2n) is 6.66. The highest BCUT2D eigenvalue weighted by atomic mass is 19.1. The molecule has 0 spiro atoms. The first-order chi connectivity index (χ1) is 13.0. The first kappa shape index (κ1) is 18.8. The van der Waals surface area contributed by atoms with Gasteiger partial charge in [0.1, 0.15) is 11.6 Å². The number of hydrogen-bond acceptors (Lipinski definition) is 4. The Bertz CT molecular complexity index is 802. The molecule has 1 aromatic heterocycles. The molecule has 1 aromatic carbocycles. The van der Waals surface area contributed by atoms with Crippen LogP contribution >= 0.6 is 0 Å². The maximum atomic E-state index is 12.9. The molecule has 27 heavy (non-hydrogen) atoms. The highest BCUT2D eigenvalue weighted by Crippen LogP contribution is 2.29. The van der Waals surface area contributed by atoms with E-state index in [1.807, 2.05) is 0 Å². The highest BCUT2D eigenvalue weighted by molar-refractivity contribution is 5.79. The summed E-state index contributed by atoms with van der Waals surface area (Å²) in [4.78, 5) is 27.4. The fourth-order valence-electron chi connectivity index (χ4n) is 3.18. The van der Waals surface area contributed by atoms with Gasteiger partial charge in [0.25, 0.3) is 0 Å². The number of pyridine rings is 1. The molecule has 2 N–H and O–H groups in total. The van der Waals surface area contributed by atoms with Crippen molar-refractivity contribution in [2.45, 2.75) is 32.2 Å². The van der Waals surface area contributed by atoms with Gasteiger partial charge in [-0.15, -0.1) is 0 Å². The number of ether oxygens (including phenoxy) is 1. The van der Waals surface area contributed by atoms with Gasteiger partial charge in [0.15, 0.2) is 0 Å². The Kier molecular flexibility index (Phi) is 6.01. The van der Waals surface area contributed by atoms with Crippen molar-refractivity contribution < 1.29 is 23.8 Å². The van der Waals surface area contributed by atoms with Crippen LogP contribution in [0.25, 0.3) is 0 Å². The SMILES string of the molecule is O=C(O)C1CCC(C(=O)NCc2ccnc(Oc3ccc(F)cc3)c2)CC1. The van der Waals surface area contributed by atoms with Crippen LogP contribution in [0.5, 0.6) is 11.6 Å². The number of benzene rings is 1. The molecule has 1 amide bonds. The molecule has 7 heteroatoms. The van der Waals surface area contributed by atoms with Crippen LogP contribution in [0.4, 0.5) is 4.39 Å². The van der Waals surface area contributed by atoms with Crippen molar-refractivity contribution in [2.75, 3.05) is 0 Å². The lowest BCUT2D eigenvalue weighted by Crippen LogP contribution is -2.34. The van der Waals surface area contributed by atoms with E-state index in [2.05, 4.69) is 10.3 Å². The molecule has 1 aliphatic carbocycles. The number of aromatic nitrogens is 1. The molecule has 0 saturated heterocycles. The predicted molar refractivity (Wildman–Crippen MR) is 95.6 cm³/mol. The monoisotopic (exact) mass is 372 g/mol. The average Bonchev–Trinajstić information content (AvgIpc) is 2.68. The lowest BCUT2D eigenvalue weighted by Gasteiger charge is -2.25. The van der Waals surface area contributed by atoms with Crippen LogP contribution in [0.1, 0.15) is 31.2 Å². The van der Waals surface area contributed by atoms with Crippen molar-refractivity contribution in [2.24, 2.45) is 11.8 Å². The van der Waals surface area contributed by atoms with Crippen LogP contribution in [0.3, 0.4) is 0 Å². The van der Waals surface area contributed by atoms with Crippen molar-refractivity contribution >= 4 is 11.9 Å². The lowest BCUT2D eigenvalue weighted by atomic mass is 9.81. The largest absolute Gasteiger partial charge is 0.481 e. The third kappa shape index (κ3) is 5.26. The topological polar surface area (TPSA) is 88.5 Å². The molecule has 1 aliphatic rings. The van der Waals surface area contributed by atoms with Crippen LogP contribution in [-0.2, 0) is 16.1 Å². The van der Waals surface area contributed by atoms with E-state index in [-0.39, 0.29) is 23.6 Å².